The molecule has 2 rings (SSSR count). The third-order valence-electron chi connectivity index (χ3n) is 4.67. The van der Waals surface area contributed by atoms with Crippen molar-refractivity contribution in [2.45, 2.75) is 69.5 Å². The maximum absolute atomic E-state index is 3.52. The van der Waals surface area contributed by atoms with Crippen LogP contribution in [0.2, 0.25) is 0 Å². The van der Waals surface area contributed by atoms with E-state index in [1.807, 2.05) is 0 Å². The molecule has 0 heterocycles. The average Bonchev–Trinajstić information content (AvgIpc) is 2.48. The van der Waals surface area contributed by atoms with E-state index in [-0.39, 0.29) is 0 Å². The summed E-state index contributed by atoms with van der Waals surface area (Å²) in [6, 6.07) is 9.24. The minimum atomic E-state index is 0.826. The van der Waals surface area contributed by atoms with Gasteiger partial charge in [-0.1, -0.05) is 72.8 Å². The van der Waals surface area contributed by atoms with Crippen molar-refractivity contribution in [1.29, 1.82) is 0 Å². The molecule has 0 aromatic heterocycles. The van der Waals surface area contributed by atoms with Gasteiger partial charge in [-0.05, 0) is 48.6 Å². The van der Waals surface area contributed by atoms with Crippen LogP contribution in [0.5, 0.6) is 0 Å². The molecule has 19 heavy (non-hydrogen) atoms. The van der Waals surface area contributed by atoms with Crippen LogP contribution in [-0.2, 0) is 5.33 Å². The summed E-state index contributed by atoms with van der Waals surface area (Å²) in [7, 11) is 0. The number of unbranched alkanes of at least 4 members (excludes halogenated alkanes) is 2. The fraction of sp³-hybridized carbons (Fsp3) is 0.667. The fourth-order valence-electron chi connectivity index (χ4n) is 3.35. The van der Waals surface area contributed by atoms with Gasteiger partial charge in [-0.15, -0.1) is 0 Å². The third kappa shape index (κ3) is 4.63. The van der Waals surface area contributed by atoms with Crippen LogP contribution >= 0.6 is 15.9 Å². The highest BCUT2D eigenvalue weighted by atomic mass is 79.9. The van der Waals surface area contributed by atoms with Crippen LogP contribution < -0.4 is 0 Å². The van der Waals surface area contributed by atoms with Gasteiger partial charge in [0.2, 0.25) is 0 Å². The molecule has 106 valence electrons. The molecule has 0 saturated heterocycles. The van der Waals surface area contributed by atoms with Crippen molar-refractivity contribution in [2.75, 3.05) is 0 Å². The minimum absolute atomic E-state index is 0.826. The number of rotatable bonds is 6. The van der Waals surface area contributed by atoms with Gasteiger partial charge in [-0.25, -0.2) is 0 Å². The maximum atomic E-state index is 3.52. The average molecular weight is 323 g/mol. The molecule has 0 radical (unpaired) electrons. The lowest BCUT2D eigenvalue weighted by Gasteiger charge is -2.29. The Kier molecular flexibility index (Phi) is 6.43. The Hall–Kier alpha value is -0.300. The van der Waals surface area contributed by atoms with Crippen LogP contribution in [0.25, 0.3) is 0 Å². The topological polar surface area (TPSA) is 0 Å². The molecule has 1 aromatic carbocycles. The van der Waals surface area contributed by atoms with Crippen LogP contribution in [0.1, 0.15) is 75.3 Å². The summed E-state index contributed by atoms with van der Waals surface area (Å²) in [6.45, 7) is 2.30. The van der Waals surface area contributed by atoms with Gasteiger partial charge in [0, 0.05) is 5.33 Å². The maximum Gasteiger partial charge on any atom is 0.0283 e. The van der Waals surface area contributed by atoms with Gasteiger partial charge in [-0.2, -0.15) is 0 Å². The van der Waals surface area contributed by atoms with Crippen LogP contribution in [0.3, 0.4) is 0 Å². The minimum Gasteiger partial charge on any atom is -0.0876 e. The van der Waals surface area contributed by atoms with E-state index in [1.54, 1.807) is 5.56 Å². The molecule has 1 aliphatic rings. The molecule has 0 aliphatic heterocycles. The van der Waals surface area contributed by atoms with E-state index in [9.17, 15) is 0 Å². The van der Waals surface area contributed by atoms with E-state index in [0.29, 0.717) is 0 Å². The summed E-state index contributed by atoms with van der Waals surface area (Å²) < 4.78 is 0. The summed E-state index contributed by atoms with van der Waals surface area (Å²) >= 11 is 3.52. The molecule has 0 nitrogen and oxygen atoms in total. The van der Waals surface area contributed by atoms with E-state index in [1.165, 1.54) is 56.9 Å². The van der Waals surface area contributed by atoms with Crippen molar-refractivity contribution in [1.82, 2.24) is 0 Å². The molecule has 0 unspecified atom stereocenters. The molecule has 1 saturated carbocycles. The highest BCUT2D eigenvalue weighted by Crippen LogP contribution is 2.37. The summed E-state index contributed by atoms with van der Waals surface area (Å²) in [5, 5.41) is 0.970. The van der Waals surface area contributed by atoms with Crippen molar-refractivity contribution < 1.29 is 0 Å². The first kappa shape index (κ1) is 15.1. The predicted octanol–water partition coefficient (Wildman–Crippen LogP) is 6.44. The van der Waals surface area contributed by atoms with Gasteiger partial charge in [0.1, 0.15) is 0 Å². The SMILES string of the molecule is CCCCCC1CCC(c2ccc(CBr)cc2)CC1. The monoisotopic (exact) mass is 322 g/mol. The first-order chi connectivity index (χ1) is 9.33. The van der Waals surface area contributed by atoms with Gasteiger partial charge < -0.3 is 0 Å². The summed E-state index contributed by atoms with van der Waals surface area (Å²) in [5.74, 6) is 1.84. The first-order valence-electron chi connectivity index (χ1n) is 7.98. The number of halogens is 1. The molecule has 1 fully saturated rings. The van der Waals surface area contributed by atoms with Crippen LogP contribution in [0.15, 0.2) is 24.3 Å². The first-order valence-corrected chi connectivity index (χ1v) is 9.10. The standard InChI is InChI=1S/C18H27Br/c1-2-3-4-5-15-6-10-17(11-7-15)18-12-8-16(14-19)9-13-18/h8-9,12-13,15,17H,2-7,10-11,14H2,1H3. The zero-order valence-electron chi connectivity index (χ0n) is 12.2. The molecule has 1 heteroatoms. The van der Waals surface area contributed by atoms with Crippen LogP contribution in [0.4, 0.5) is 0 Å². The lowest BCUT2D eigenvalue weighted by molar-refractivity contribution is 0.303. The van der Waals surface area contributed by atoms with E-state index in [4.69, 9.17) is 0 Å². The Balaban J connectivity index is 1.78. The second kappa shape index (κ2) is 8.09. The van der Waals surface area contributed by atoms with Crippen molar-refractivity contribution in [2.24, 2.45) is 5.92 Å². The molecule has 0 bridgehead atoms. The van der Waals surface area contributed by atoms with E-state index in [0.717, 1.165) is 17.2 Å². The Morgan fingerprint density at radius 2 is 1.68 bits per heavy atom. The van der Waals surface area contributed by atoms with Crippen molar-refractivity contribution in [3.05, 3.63) is 35.4 Å². The zero-order valence-corrected chi connectivity index (χ0v) is 13.8. The van der Waals surface area contributed by atoms with Crippen molar-refractivity contribution >= 4 is 15.9 Å². The Labute approximate surface area is 127 Å². The lowest BCUT2D eigenvalue weighted by atomic mass is 9.77. The number of benzene rings is 1. The van der Waals surface area contributed by atoms with Gasteiger partial charge in [0.05, 0.1) is 0 Å². The third-order valence-corrected chi connectivity index (χ3v) is 5.32. The highest BCUT2D eigenvalue weighted by molar-refractivity contribution is 9.08. The zero-order chi connectivity index (χ0) is 13.5. The number of hydrogen-bond donors (Lipinski definition) is 0. The number of alkyl halides is 1. The highest BCUT2D eigenvalue weighted by Gasteiger charge is 2.21. The van der Waals surface area contributed by atoms with E-state index < -0.39 is 0 Å². The summed E-state index contributed by atoms with van der Waals surface area (Å²) in [5.41, 5.74) is 2.95. The number of hydrogen-bond acceptors (Lipinski definition) is 0. The predicted molar refractivity (Wildman–Crippen MR) is 87.9 cm³/mol. The smallest absolute Gasteiger partial charge is 0.0283 e. The molecular weight excluding hydrogens is 296 g/mol. The molecule has 0 atom stereocenters. The van der Waals surface area contributed by atoms with Gasteiger partial charge in [0.25, 0.3) is 0 Å². The van der Waals surface area contributed by atoms with Crippen LogP contribution in [0, 0.1) is 5.92 Å². The Bertz CT molecular complexity index is 346. The van der Waals surface area contributed by atoms with Gasteiger partial charge in [0.15, 0.2) is 0 Å². The molecule has 0 spiro atoms. The summed E-state index contributed by atoms with van der Waals surface area (Å²) in [6.07, 6.45) is 11.4. The molecule has 0 N–H and O–H groups in total. The van der Waals surface area contributed by atoms with Crippen molar-refractivity contribution in [3.8, 4) is 0 Å². The molecular formula is C18H27Br. The fourth-order valence-corrected chi connectivity index (χ4v) is 3.72. The van der Waals surface area contributed by atoms with E-state index >= 15 is 0 Å². The molecule has 0 amide bonds. The second-order valence-electron chi connectivity index (χ2n) is 6.09. The normalized spacial score (nSPS) is 23.5. The lowest BCUT2D eigenvalue weighted by Crippen LogP contribution is -2.13. The quantitative estimate of drug-likeness (QED) is 0.418. The van der Waals surface area contributed by atoms with Crippen LogP contribution in [-0.4, -0.2) is 0 Å². The van der Waals surface area contributed by atoms with Crippen molar-refractivity contribution in [3.63, 3.8) is 0 Å². The summed E-state index contributed by atoms with van der Waals surface area (Å²) in [4.78, 5) is 0. The largest absolute Gasteiger partial charge is 0.0876 e. The second-order valence-corrected chi connectivity index (χ2v) is 6.65. The van der Waals surface area contributed by atoms with Gasteiger partial charge in [-0.3, -0.25) is 0 Å². The molecule has 1 aliphatic carbocycles. The van der Waals surface area contributed by atoms with E-state index in [2.05, 4.69) is 47.1 Å². The Morgan fingerprint density at radius 3 is 2.26 bits per heavy atom. The Morgan fingerprint density at radius 1 is 1.00 bits per heavy atom. The molecule has 1 aromatic rings. The van der Waals surface area contributed by atoms with Gasteiger partial charge >= 0.3 is 0 Å².